The number of anilines is 1. The lowest BCUT2D eigenvalue weighted by atomic mass is 10.2. The van der Waals surface area contributed by atoms with Crippen LogP contribution in [0.5, 0.6) is 0 Å². The second-order valence-corrected chi connectivity index (χ2v) is 6.74. The van der Waals surface area contributed by atoms with E-state index in [1.54, 1.807) is 4.52 Å². The summed E-state index contributed by atoms with van der Waals surface area (Å²) in [5.74, 6) is -0.881. The van der Waals surface area contributed by atoms with Crippen molar-refractivity contribution >= 4 is 27.9 Å². The van der Waals surface area contributed by atoms with Gasteiger partial charge in [-0.05, 0) is 25.0 Å². The number of hydrogen-bond donors (Lipinski definition) is 1. The number of aromatic nitrogens is 4. The summed E-state index contributed by atoms with van der Waals surface area (Å²) >= 11 is 1.40. The van der Waals surface area contributed by atoms with Crippen LogP contribution in [0, 0.1) is 11.6 Å². The summed E-state index contributed by atoms with van der Waals surface area (Å²) in [6, 6.07) is 3.26. The maximum atomic E-state index is 13.1. The average Bonchev–Trinajstić information content (AvgIpc) is 3.18. The second kappa shape index (κ2) is 5.90. The molecule has 0 bridgehead atoms. The molecular formula is C15H13F2N5OS. The number of nitrogens with one attached hydrogen (secondary N) is 1. The molecule has 9 heteroatoms. The molecule has 0 radical (unpaired) electrons. The van der Waals surface area contributed by atoms with Crippen LogP contribution in [0.4, 0.5) is 14.5 Å². The lowest BCUT2D eigenvalue weighted by Crippen LogP contribution is -2.12. The minimum Gasteiger partial charge on any atom is -0.326 e. The SMILES string of the molecule is O=C(CCc1nn2c(C3CC3)nnc2s1)Nc1ccc(F)c(F)c1. The second-order valence-electron chi connectivity index (χ2n) is 5.70. The van der Waals surface area contributed by atoms with Crippen molar-refractivity contribution in [3.63, 3.8) is 0 Å². The Balaban J connectivity index is 1.39. The number of carbonyl (C=O) groups excluding carboxylic acids is 1. The van der Waals surface area contributed by atoms with E-state index in [1.807, 2.05) is 0 Å². The summed E-state index contributed by atoms with van der Waals surface area (Å²) in [6.45, 7) is 0. The number of carbonyl (C=O) groups is 1. The fourth-order valence-corrected chi connectivity index (χ4v) is 3.23. The normalized spacial score (nSPS) is 14.2. The molecule has 0 spiro atoms. The van der Waals surface area contributed by atoms with E-state index in [1.165, 1.54) is 17.4 Å². The van der Waals surface area contributed by atoms with E-state index in [0.717, 1.165) is 40.8 Å². The van der Waals surface area contributed by atoms with Crippen molar-refractivity contribution in [1.82, 2.24) is 19.8 Å². The third-order valence-electron chi connectivity index (χ3n) is 3.77. The third-order valence-corrected chi connectivity index (χ3v) is 4.73. The van der Waals surface area contributed by atoms with Crippen LogP contribution in [-0.2, 0) is 11.2 Å². The Morgan fingerprint density at radius 2 is 2.12 bits per heavy atom. The molecule has 2 heterocycles. The van der Waals surface area contributed by atoms with Gasteiger partial charge in [-0.25, -0.2) is 8.78 Å². The fraction of sp³-hybridized carbons (Fsp3) is 0.333. The molecule has 24 heavy (non-hydrogen) atoms. The van der Waals surface area contributed by atoms with E-state index >= 15 is 0 Å². The molecule has 1 aliphatic rings. The summed E-state index contributed by atoms with van der Waals surface area (Å²) in [5, 5.41) is 16.0. The van der Waals surface area contributed by atoms with Gasteiger partial charge in [0.25, 0.3) is 0 Å². The van der Waals surface area contributed by atoms with Gasteiger partial charge < -0.3 is 5.32 Å². The number of fused-ring (bicyclic) bond motifs is 1. The molecule has 4 rings (SSSR count). The van der Waals surface area contributed by atoms with E-state index in [9.17, 15) is 13.6 Å². The molecule has 0 atom stereocenters. The molecule has 6 nitrogen and oxygen atoms in total. The van der Waals surface area contributed by atoms with Crippen molar-refractivity contribution in [1.29, 1.82) is 0 Å². The van der Waals surface area contributed by atoms with Gasteiger partial charge in [0.1, 0.15) is 5.01 Å². The minimum absolute atomic E-state index is 0.196. The van der Waals surface area contributed by atoms with Gasteiger partial charge in [-0.15, -0.1) is 10.2 Å². The highest BCUT2D eigenvalue weighted by Gasteiger charge is 2.30. The van der Waals surface area contributed by atoms with Crippen molar-refractivity contribution in [3.8, 4) is 0 Å². The fourth-order valence-electron chi connectivity index (χ4n) is 2.39. The Kier molecular flexibility index (Phi) is 3.72. The first-order chi connectivity index (χ1) is 11.6. The van der Waals surface area contributed by atoms with Crippen LogP contribution in [0.25, 0.3) is 4.96 Å². The zero-order chi connectivity index (χ0) is 16.7. The van der Waals surface area contributed by atoms with Gasteiger partial charge in [0.05, 0.1) is 0 Å². The molecular weight excluding hydrogens is 336 g/mol. The van der Waals surface area contributed by atoms with E-state index in [4.69, 9.17) is 0 Å². The number of amides is 1. The molecule has 1 N–H and O–H groups in total. The van der Waals surface area contributed by atoms with Gasteiger partial charge in [0.2, 0.25) is 10.9 Å². The van der Waals surface area contributed by atoms with Crippen molar-refractivity contribution in [3.05, 3.63) is 40.7 Å². The van der Waals surface area contributed by atoms with Gasteiger partial charge in [-0.3, -0.25) is 4.79 Å². The largest absolute Gasteiger partial charge is 0.326 e. The van der Waals surface area contributed by atoms with Crippen molar-refractivity contribution in [2.45, 2.75) is 31.6 Å². The van der Waals surface area contributed by atoms with Gasteiger partial charge in [0, 0.05) is 30.5 Å². The van der Waals surface area contributed by atoms with E-state index in [-0.39, 0.29) is 18.0 Å². The number of benzene rings is 1. The Bertz CT molecular complexity index is 918. The first-order valence-electron chi connectivity index (χ1n) is 7.56. The zero-order valence-electron chi connectivity index (χ0n) is 12.5. The van der Waals surface area contributed by atoms with Crippen LogP contribution in [0.3, 0.4) is 0 Å². The van der Waals surface area contributed by atoms with Gasteiger partial charge >= 0.3 is 0 Å². The van der Waals surface area contributed by atoms with Crippen LogP contribution in [0.2, 0.25) is 0 Å². The molecule has 1 aliphatic carbocycles. The molecule has 1 aromatic carbocycles. The Morgan fingerprint density at radius 3 is 2.88 bits per heavy atom. The van der Waals surface area contributed by atoms with Crippen LogP contribution in [0.1, 0.15) is 36.0 Å². The number of hydrogen-bond acceptors (Lipinski definition) is 5. The van der Waals surface area contributed by atoms with Gasteiger partial charge in [0.15, 0.2) is 17.5 Å². The molecule has 1 saturated carbocycles. The van der Waals surface area contributed by atoms with Crippen molar-refractivity contribution < 1.29 is 13.6 Å². The van der Waals surface area contributed by atoms with Crippen LogP contribution in [0.15, 0.2) is 18.2 Å². The molecule has 0 saturated heterocycles. The predicted octanol–water partition coefficient (Wildman–Crippen LogP) is 2.91. The summed E-state index contributed by atoms with van der Waals surface area (Å²) in [5.41, 5.74) is 0.230. The van der Waals surface area contributed by atoms with Crippen molar-refractivity contribution in [2.24, 2.45) is 0 Å². The topological polar surface area (TPSA) is 72.2 Å². The predicted molar refractivity (Wildman–Crippen MR) is 83.9 cm³/mol. The lowest BCUT2D eigenvalue weighted by Gasteiger charge is -2.04. The molecule has 1 amide bonds. The lowest BCUT2D eigenvalue weighted by molar-refractivity contribution is -0.116. The highest BCUT2D eigenvalue weighted by atomic mass is 32.1. The van der Waals surface area contributed by atoms with Crippen LogP contribution < -0.4 is 5.32 Å². The number of rotatable bonds is 5. The van der Waals surface area contributed by atoms with Gasteiger partial charge in [-0.1, -0.05) is 11.3 Å². The molecule has 124 valence electrons. The molecule has 1 fully saturated rings. The Hall–Kier alpha value is -2.42. The highest BCUT2D eigenvalue weighted by molar-refractivity contribution is 7.16. The summed E-state index contributed by atoms with van der Waals surface area (Å²) in [4.78, 5) is 12.7. The summed E-state index contributed by atoms with van der Waals surface area (Å²) in [6.07, 6.45) is 2.88. The summed E-state index contributed by atoms with van der Waals surface area (Å²) < 4.78 is 27.7. The maximum absolute atomic E-state index is 13.1. The van der Waals surface area contributed by atoms with E-state index in [0.29, 0.717) is 12.3 Å². The smallest absolute Gasteiger partial charge is 0.234 e. The minimum atomic E-state index is -0.992. The van der Waals surface area contributed by atoms with Gasteiger partial charge in [-0.2, -0.15) is 9.61 Å². The molecule has 0 aliphatic heterocycles. The monoisotopic (exact) mass is 349 g/mol. The quantitative estimate of drug-likeness (QED) is 0.769. The standard InChI is InChI=1S/C15H13F2N5OS/c16-10-4-3-9(7-11(10)17)18-12(23)5-6-13-21-22-14(8-1-2-8)19-20-15(22)24-13/h3-4,7-8H,1-2,5-6H2,(H,18,23). The highest BCUT2D eigenvalue weighted by Crippen LogP contribution is 2.39. The first-order valence-corrected chi connectivity index (χ1v) is 8.38. The van der Waals surface area contributed by atoms with E-state index < -0.39 is 11.6 Å². The third kappa shape index (κ3) is 2.99. The number of halogens is 2. The summed E-state index contributed by atoms with van der Waals surface area (Å²) in [7, 11) is 0. The molecule has 2 aromatic heterocycles. The Morgan fingerprint density at radius 1 is 1.29 bits per heavy atom. The Labute approximate surface area is 139 Å². The molecule has 3 aromatic rings. The molecule has 0 unspecified atom stereocenters. The number of nitrogens with zero attached hydrogens (tertiary/aromatic N) is 4. The van der Waals surface area contributed by atoms with E-state index in [2.05, 4.69) is 20.6 Å². The number of aryl methyl sites for hydroxylation is 1. The van der Waals surface area contributed by atoms with Crippen LogP contribution in [-0.4, -0.2) is 25.7 Å². The van der Waals surface area contributed by atoms with Crippen LogP contribution >= 0.6 is 11.3 Å². The average molecular weight is 349 g/mol. The first kappa shape index (κ1) is 15.1. The van der Waals surface area contributed by atoms with Crippen molar-refractivity contribution in [2.75, 3.05) is 5.32 Å². The zero-order valence-corrected chi connectivity index (χ0v) is 13.3. The maximum Gasteiger partial charge on any atom is 0.234 e.